The zero-order valence-electron chi connectivity index (χ0n) is 15.9. The van der Waals surface area contributed by atoms with Crippen LogP contribution >= 0.6 is 11.3 Å². The maximum atomic E-state index is 12.7. The van der Waals surface area contributed by atoms with Crippen molar-refractivity contribution in [3.63, 3.8) is 0 Å². The van der Waals surface area contributed by atoms with E-state index in [-0.39, 0.29) is 12.5 Å². The number of aromatic nitrogens is 4. The number of nitrogens with one attached hydrogen (secondary N) is 1. The van der Waals surface area contributed by atoms with Crippen LogP contribution in [0.5, 0.6) is 0 Å². The fourth-order valence-electron chi connectivity index (χ4n) is 3.63. The van der Waals surface area contributed by atoms with Gasteiger partial charge in [0, 0.05) is 12.2 Å². The van der Waals surface area contributed by atoms with Crippen molar-refractivity contribution in [3.05, 3.63) is 82.1 Å². The highest BCUT2D eigenvalue weighted by atomic mass is 32.1. The molecular formula is C21H18N6O2S. The minimum absolute atomic E-state index is 0.213. The molecule has 0 bridgehead atoms. The number of benzene rings is 2. The first-order valence-electron chi connectivity index (χ1n) is 9.52. The molecular weight excluding hydrogens is 400 g/mol. The monoisotopic (exact) mass is 418 g/mol. The minimum Gasteiger partial charge on any atom is -0.339 e. The van der Waals surface area contributed by atoms with Crippen molar-refractivity contribution in [1.82, 2.24) is 19.8 Å². The van der Waals surface area contributed by atoms with Gasteiger partial charge in [0.1, 0.15) is 11.5 Å². The van der Waals surface area contributed by atoms with Gasteiger partial charge in [-0.05, 0) is 58.1 Å². The third kappa shape index (κ3) is 3.29. The van der Waals surface area contributed by atoms with Crippen molar-refractivity contribution in [2.24, 2.45) is 0 Å². The number of hydrogen-bond donors (Lipinski definition) is 1. The molecule has 0 fully saturated rings. The molecule has 1 amide bonds. The molecule has 1 aliphatic heterocycles. The van der Waals surface area contributed by atoms with Crippen molar-refractivity contribution in [2.75, 3.05) is 16.8 Å². The number of rotatable bonds is 5. The first-order chi connectivity index (χ1) is 14.7. The molecule has 2 aromatic heterocycles. The number of carbonyl (C=O) groups is 1. The molecule has 0 saturated carbocycles. The van der Waals surface area contributed by atoms with Crippen molar-refractivity contribution in [1.29, 1.82) is 0 Å². The molecule has 2 aromatic carbocycles. The Kier molecular flexibility index (Phi) is 4.64. The van der Waals surface area contributed by atoms with Crippen LogP contribution in [-0.4, -0.2) is 32.2 Å². The van der Waals surface area contributed by atoms with Crippen LogP contribution in [0.4, 0.5) is 17.1 Å². The number of anilines is 3. The summed E-state index contributed by atoms with van der Waals surface area (Å²) in [5, 5.41) is 13.1. The molecule has 5 rings (SSSR count). The largest absolute Gasteiger partial charge is 0.369 e. The second-order valence-electron chi connectivity index (χ2n) is 6.88. The Bertz CT molecular complexity index is 1260. The molecule has 8 nitrogen and oxygen atoms in total. The van der Waals surface area contributed by atoms with Gasteiger partial charge in [0.05, 0.1) is 11.4 Å². The van der Waals surface area contributed by atoms with E-state index in [2.05, 4.69) is 32.8 Å². The van der Waals surface area contributed by atoms with Crippen molar-refractivity contribution < 1.29 is 4.79 Å². The molecule has 0 aliphatic carbocycles. The summed E-state index contributed by atoms with van der Waals surface area (Å²) in [5.41, 5.74) is 3.60. The highest BCUT2D eigenvalue weighted by Gasteiger charge is 2.22. The van der Waals surface area contributed by atoms with E-state index in [0.29, 0.717) is 10.7 Å². The standard InChI is InChI=1S/C21H18N6O2S/c28-19(14-26-21(29)27(24-23-26)20-10-5-13-30-20)22-16-7-2-4-9-18(16)25-12-11-15-6-1-3-8-17(15)25/h1-10,13H,11-12,14H2,(H,22,28). The first-order valence-corrected chi connectivity index (χ1v) is 10.4. The Morgan fingerprint density at radius 2 is 1.80 bits per heavy atom. The fourth-order valence-corrected chi connectivity index (χ4v) is 4.30. The van der Waals surface area contributed by atoms with Gasteiger partial charge in [0.2, 0.25) is 5.91 Å². The van der Waals surface area contributed by atoms with E-state index in [1.165, 1.54) is 21.6 Å². The molecule has 0 radical (unpaired) electrons. The molecule has 150 valence electrons. The van der Waals surface area contributed by atoms with Gasteiger partial charge in [0.15, 0.2) is 0 Å². The summed E-state index contributed by atoms with van der Waals surface area (Å²) in [6, 6.07) is 19.5. The maximum absolute atomic E-state index is 12.7. The number of tetrazole rings is 1. The van der Waals surface area contributed by atoms with Crippen molar-refractivity contribution in [3.8, 4) is 5.00 Å². The average molecular weight is 418 g/mol. The number of nitrogens with zero attached hydrogens (tertiary/aromatic N) is 5. The maximum Gasteiger partial charge on any atom is 0.369 e. The molecule has 30 heavy (non-hydrogen) atoms. The van der Waals surface area contributed by atoms with Crippen LogP contribution in [0.1, 0.15) is 5.56 Å². The van der Waals surface area contributed by atoms with Gasteiger partial charge < -0.3 is 10.2 Å². The number of fused-ring (bicyclic) bond motifs is 1. The van der Waals surface area contributed by atoms with Crippen LogP contribution in [0.2, 0.25) is 0 Å². The van der Waals surface area contributed by atoms with Crippen LogP contribution in [0.3, 0.4) is 0 Å². The molecule has 0 atom stereocenters. The molecule has 3 heterocycles. The molecule has 0 unspecified atom stereocenters. The van der Waals surface area contributed by atoms with Gasteiger partial charge in [-0.1, -0.05) is 30.3 Å². The summed E-state index contributed by atoms with van der Waals surface area (Å²) in [5.74, 6) is -0.338. The van der Waals surface area contributed by atoms with Gasteiger partial charge >= 0.3 is 5.69 Å². The Labute approximate surface area is 176 Å². The summed E-state index contributed by atoms with van der Waals surface area (Å²) in [7, 11) is 0. The van der Waals surface area contributed by atoms with Gasteiger partial charge in [-0.15, -0.1) is 11.3 Å². The predicted molar refractivity (Wildman–Crippen MR) is 116 cm³/mol. The van der Waals surface area contributed by atoms with Crippen LogP contribution < -0.4 is 15.9 Å². The fraction of sp³-hybridized carbons (Fsp3) is 0.143. The van der Waals surface area contributed by atoms with E-state index in [0.717, 1.165) is 29.0 Å². The van der Waals surface area contributed by atoms with Crippen LogP contribution in [0.15, 0.2) is 70.8 Å². The SMILES string of the molecule is O=C(Cn1nnn(-c2cccs2)c1=O)Nc1ccccc1N1CCc2ccccc21. The Balaban J connectivity index is 1.36. The topological polar surface area (TPSA) is 85.0 Å². The number of thiophene rings is 1. The lowest BCUT2D eigenvalue weighted by Gasteiger charge is -2.23. The van der Waals surface area contributed by atoms with Gasteiger partial charge in [0.25, 0.3) is 0 Å². The second kappa shape index (κ2) is 7.60. The lowest BCUT2D eigenvalue weighted by atomic mass is 10.2. The highest BCUT2D eigenvalue weighted by Crippen LogP contribution is 2.38. The van der Waals surface area contributed by atoms with Crippen LogP contribution in [0, 0.1) is 0 Å². The lowest BCUT2D eigenvalue weighted by Crippen LogP contribution is -2.30. The first kappa shape index (κ1) is 18.3. The van der Waals surface area contributed by atoms with Gasteiger partial charge in [-0.3, -0.25) is 4.79 Å². The van der Waals surface area contributed by atoms with Crippen molar-refractivity contribution >= 4 is 34.3 Å². The zero-order chi connectivity index (χ0) is 20.5. The zero-order valence-corrected chi connectivity index (χ0v) is 16.7. The summed E-state index contributed by atoms with van der Waals surface area (Å²) >= 11 is 1.38. The molecule has 1 aliphatic rings. The van der Waals surface area contributed by atoms with Crippen LogP contribution in [-0.2, 0) is 17.8 Å². The predicted octanol–water partition coefficient (Wildman–Crippen LogP) is 2.82. The normalized spacial score (nSPS) is 12.7. The summed E-state index contributed by atoms with van der Waals surface area (Å²) in [6.45, 7) is 0.635. The van der Waals surface area contributed by atoms with Gasteiger partial charge in [-0.2, -0.15) is 9.36 Å². The van der Waals surface area contributed by atoms with E-state index in [9.17, 15) is 9.59 Å². The second-order valence-corrected chi connectivity index (χ2v) is 7.80. The average Bonchev–Trinajstić information content (AvgIpc) is 3.49. The van der Waals surface area contributed by atoms with E-state index in [1.54, 1.807) is 6.07 Å². The van der Waals surface area contributed by atoms with E-state index in [1.807, 2.05) is 47.8 Å². The van der Waals surface area contributed by atoms with E-state index in [4.69, 9.17) is 0 Å². The third-order valence-corrected chi connectivity index (χ3v) is 5.85. The lowest BCUT2D eigenvalue weighted by molar-refractivity contribution is -0.117. The molecule has 9 heteroatoms. The Morgan fingerprint density at radius 3 is 2.63 bits per heavy atom. The van der Waals surface area contributed by atoms with Crippen molar-refractivity contribution in [2.45, 2.75) is 13.0 Å². The number of para-hydroxylation sites is 3. The van der Waals surface area contributed by atoms with Crippen LogP contribution in [0.25, 0.3) is 5.00 Å². The van der Waals surface area contributed by atoms with E-state index < -0.39 is 5.69 Å². The van der Waals surface area contributed by atoms with E-state index >= 15 is 0 Å². The summed E-state index contributed by atoms with van der Waals surface area (Å²) < 4.78 is 2.25. The summed E-state index contributed by atoms with van der Waals surface area (Å²) in [6.07, 6.45) is 0.958. The highest BCUT2D eigenvalue weighted by molar-refractivity contribution is 7.12. The number of amides is 1. The Hall–Kier alpha value is -3.72. The molecule has 0 spiro atoms. The smallest absolute Gasteiger partial charge is 0.339 e. The van der Waals surface area contributed by atoms with Gasteiger partial charge in [-0.25, -0.2) is 4.79 Å². The third-order valence-electron chi connectivity index (χ3n) is 5.00. The quantitative estimate of drug-likeness (QED) is 0.539. The summed E-state index contributed by atoms with van der Waals surface area (Å²) in [4.78, 5) is 27.4. The number of hydrogen-bond acceptors (Lipinski definition) is 6. The Morgan fingerprint density at radius 1 is 1.00 bits per heavy atom. The number of carbonyl (C=O) groups excluding carboxylic acids is 1. The molecule has 4 aromatic rings. The molecule has 0 saturated heterocycles. The molecule has 1 N–H and O–H groups in total. The minimum atomic E-state index is -0.450.